The van der Waals surface area contributed by atoms with Crippen LogP contribution in [0, 0.1) is 5.92 Å². The van der Waals surface area contributed by atoms with E-state index in [1.54, 1.807) is 10.8 Å². The molecule has 1 aliphatic carbocycles. The number of amides is 1. The first-order valence-electron chi connectivity index (χ1n) is 6.45. The van der Waals surface area contributed by atoms with Gasteiger partial charge in [-0.3, -0.25) is 4.79 Å². The zero-order valence-electron chi connectivity index (χ0n) is 10.9. The van der Waals surface area contributed by atoms with E-state index in [-0.39, 0.29) is 17.5 Å². The fraction of sp³-hybridized carbons (Fsp3) is 0.286. The van der Waals surface area contributed by atoms with Crippen LogP contribution in [0.15, 0.2) is 36.9 Å². The maximum Gasteiger partial charge on any atom is 0.416 e. The number of imidazole rings is 1. The first kappa shape index (κ1) is 13.7. The molecule has 4 nitrogen and oxygen atoms in total. The first-order chi connectivity index (χ1) is 9.95. The van der Waals surface area contributed by atoms with Gasteiger partial charge in [-0.05, 0) is 31.0 Å². The SMILES string of the molecule is O=C(Nc1cc(C(F)(F)F)ccc1-n1ccnc1)C1CC1. The summed E-state index contributed by atoms with van der Waals surface area (Å²) in [6, 6.07) is 3.27. The molecule has 1 heterocycles. The zero-order chi connectivity index (χ0) is 15.0. The lowest BCUT2D eigenvalue weighted by molar-refractivity contribution is -0.137. The van der Waals surface area contributed by atoms with Crippen molar-refractivity contribution >= 4 is 11.6 Å². The van der Waals surface area contributed by atoms with Crippen LogP contribution in [0.25, 0.3) is 5.69 Å². The van der Waals surface area contributed by atoms with Crippen LogP contribution >= 0.6 is 0 Å². The molecule has 1 fully saturated rings. The third-order valence-electron chi connectivity index (χ3n) is 3.31. The molecule has 110 valence electrons. The molecule has 0 unspecified atom stereocenters. The zero-order valence-corrected chi connectivity index (χ0v) is 10.9. The lowest BCUT2D eigenvalue weighted by atomic mass is 10.1. The summed E-state index contributed by atoms with van der Waals surface area (Å²) < 4.78 is 40.0. The van der Waals surface area contributed by atoms with Crippen LogP contribution in [0.4, 0.5) is 18.9 Å². The molecule has 0 bridgehead atoms. The molecule has 0 radical (unpaired) electrons. The van der Waals surface area contributed by atoms with Crippen molar-refractivity contribution in [3.05, 3.63) is 42.5 Å². The van der Waals surface area contributed by atoms with Crippen LogP contribution in [0.5, 0.6) is 0 Å². The topological polar surface area (TPSA) is 46.9 Å². The second-order valence-corrected chi connectivity index (χ2v) is 4.96. The third kappa shape index (κ3) is 2.91. The van der Waals surface area contributed by atoms with E-state index in [1.807, 2.05) is 0 Å². The van der Waals surface area contributed by atoms with Gasteiger partial charge in [0, 0.05) is 18.3 Å². The number of hydrogen-bond acceptors (Lipinski definition) is 2. The minimum atomic E-state index is -4.45. The number of nitrogens with one attached hydrogen (secondary N) is 1. The molecular formula is C14H12F3N3O. The van der Waals surface area contributed by atoms with E-state index in [2.05, 4.69) is 10.3 Å². The number of anilines is 1. The van der Waals surface area contributed by atoms with Crippen LogP contribution in [0.1, 0.15) is 18.4 Å². The van der Waals surface area contributed by atoms with Crippen molar-refractivity contribution < 1.29 is 18.0 Å². The Hall–Kier alpha value is -2.31. The number of halogens is 3. The van der Waals surface area contributed by atoms with E-state index >= 15 is 0 Å². The predicted octanol–water partition coefficient (Wildman–Crippen LogP) is 3.24. The molecule has 0 atom stereocenters. The first-order valence-corrected chi connectivity index (χ1v) is 6.45. The van der Waals surface area contributed by atoms with Crippen molar-refractivity contribution in [2.75, 3.05) is 5.32 Å². The molecule has 1 aromatic carbocycles. The van der Waals surface area contributed by atoms with E-state index < -0.39 is 11.7 Å². The van der Waals surface area contributed by atoms with Crippen LogP contribution in [0.3, 0.4) is 0 Å². The predicted molar refractivity (Wildman–Crippen MR) is 69.9 cm³/mol. The Morgan fingerprint density at radius 1 is 1.33 bits per heavy atom. The largest absolute Gasteiger partial charge is 0.416 e. The van der Waals surface area contributed by atoms with Crippen LogP contribution in [0.2, 0.25) is 0 Å². The van der Waals surface area contributed by atoms with Gasteiger partial charge < -0.3 is 9.88 Å². The summed E-state index contributed by atoms with van der Waals surface area (Å²) in [4.78, 5) is 15.7. The average molecular weight is 295 g/mol. The highest BCUT2D eigenvalue weighted by Gasteiger charge is 2.33. The number of benzene rings is 1. The van der Waals surface area contributed by atoms with Gasteiger partial charge in [-0.25, -0.2) is 4.98 Å². The van der Waals surface area contributed by atoms with Crippen molar-refractivity contribution in [2.24, 2.45) is 5.92 Å². The smallest absolute Gasteiger partial charge is 0.324 e. The Morgan fingerprint density at radius 2 is 2.10 bits per heavy atom. The number of hydrogen-bond donors (Lipinski definition) is 1. The molecule has 1 saturated carbocycles. The Morgan fingerprint density at radius 3 is 2.67 bits per heavy atom. The number of alkyl halides is 3. The number of nitrogens with zero attached hydrogens (tertiary/aromatic N) is 2. The van der Waals surface area contributed by atoms with E-state index in [0.29, 0.717) is 5.69 Å². The van der Waals surface area contributed by atoms with E-state index in [4.69, 9.17) is 0 Å². The molecule has 3 rings (SSSR count). The van der Waals surface area contributed by atoms with Gasteiger partial charge >= 0.3 is 6.18 Å². The summed E-state index contributed by atoms with van der Waals surface area (Å²) in [5.74, 6) is -0.328. The molecule has 0 spiro atoms. The van der Waals surface area contributed by atoms with E-state index in [0.717, 1.165) is 25.0 Å². The van der Waals surface area contributed by atoms with Gasteiger partial charge in [0.25, 0.3) is 0 Å². The summed E-state index contributed by atoms with van der Waals surface area (Å²) in [6.07, 6.45) is 1.71. The average Bonchev–Trinajstić information content (AvgIpc) is 3.14. The molecule has 1 aliphatic rings. The van der Waals surface area contributed by atoms with Gasteiger partial charge in [0.15, 0.2) is 0 Å². The van der Waals surface area contributed by atoms with Gasteiger partial charge in [0.05, 0.1) is 23.3 Å². The minimum absolute atomic E-state index is 0.0878. The molecule has 0 aliphatic heterocycles. The van der Waals surface area contributed by atoms with Gasteiger partial charge in [0.1, 0.15) is 0 Å². The summed E-state index contributed by atoms with van der Waals surface area (Å²) >= 11 is 0. The highest BCUT2D eigenvalue weighted by atomic mass is 19.4. The molecule has 1 aromatic heterocycles. The van der Waals surface area contributed by atoms with Crippen LogP contribution in [-0.2, 0) is 11.0 Å². The maximum absolute atomic E-state index is 12.8. The Bertz CT molecular complexity index is 661. The van der Waals surface area contributed by atoms with Crippen molar-refractivity contribution in [2.45, 2.75) is 19.0 Å². The van der Waals surface area contributed by atoms with Crippen molar-refractivity contribution in [3.8, 4) is 5.69 Å². The molecule has 1 amide bonds. The molecular weight excluding hydrogens is 283 g/mol. The second kappa shape index (κ2) is 4.91. The number of carbonyl (C=O) groups excluding carboxylic acids is 1. The van der Waals surface area contributed by atoms with Gasteiger partial charge in [-0.2, -0.15) is 13.2 Å². The van der Waals surface area contributed by atoms with Crippen molar-refractivity contribution in [1.82, 2.24) is 9.55 Å². The fourth-order valence-corrected chi connectivity index (χ4v) is 2.02. The molecule has 2 aromatic rings. The third-order valence-corrected chi connectivity index (χ3v) is 3.31. The van der Waals surface area contributed by atoms with Crippen molar-refractivity contribution in [3.63, 3.8) is 0 Å². The Balaban J connectivity index is 2.00. The summed E-state index contributed by atoms with van der Waals surface area (Å²) in [5.41, 5.74) is -0.202. The lowest BCUT2D eigenvalue weighted by Crippen LogP contribution is -2.16. The molecule has 0 saturated heterocycles. The van der Waals surface area contributed by atoms with E-state index in [9.17, 15) is 18.0 Å². The van der Waals surface area contributed by atoms with Gasteiger partial charge in [-0.15, -0.1) is 0 Å². The molecule has 1 N–H and O–H groups in total. The number of aromatic nitrogens is 2. The Kier molecular flexibility index (Phi) is 3.19. The normalized spacial score (nSPS) is 15.0. The Labute approximate surface area is 118 Å². The van der Waals surface area contributed by atoms with Gasteiger partial charge in [-0.1, -0.05) is 0 Å². The lowest BCUT2D eigenvalue weighted by Gasteiger charge is -2.15. The molecule has 21 heavy (non-hydrogen) atoms. The van der Waals surface area contributed by atoms with Crippen molar-refractivity contribution in [1.29, 1.82) is 0 Å². The fourth-order valence-electron chi connectivity index (χ4n) is 2.02. The highest BCUT2D eigenvalue weighted by Crippen LogP contribution is 2.35. The summed E-state index contributed by atoms with van der Waals surface area (Å²) in [6.45, 7) is 0. The quantitative estimate of drug-likeness (QED) is 0.945. The number of rotatable bonds is 3. The number of carbonyl (C=O) groups is 1. The van der Waals surface area contributed by atoms with E-state index in [1.165, 1.54) is 18.6 Å². The minimum Gasteiger partial charge on any atom is -0.324 e. The summed E-state index contributed by atoms with van der Waals surface area (Å²) in [7, 11) is 0. The van der Waals surface area contributed by atoms with Crippen LogP contribution in [-0.4, -0.2) is 15.5 Å². The maximum atomic E-state index is 12.8. The van der Waals surface area contributed by atoms with Gasteiger partial charge in [0.2, 0.25) is 5.91 Å². The molecule has 7 heteroatoms. The highest BCUT2D eigenvalue weighted by molar-refractivity contribution is 5.96. The summed E-state index contributed by atoms with van der Waals surface area (Å²) in [5, 5.41) is 2.59. The second-order valence-electron chi connectivity index (χ2n) is 4.96. The standard InChI is InChI=1S/C14H12F3N3O/c15-14(16,17)10-3-4-12(20-6-5-18-8-20)11(7-10)19-13(21)9-1-2-9/h3-9H,1-2H2,(H,19,21). The monoisotopic (exact) mass is 295 g/mol. The van der Waals surface area contributed by atoms with Crippen LogP contribution < -0.4 is 5.32 Å².